The molecule has 186 valence electrons. The molecule has 2 aromatic carbocycles. The van der Waals surface area contributed by atoms with Crippen LogP contribution in [-0.4, -0.2) is 52.3 Å². The maximum Gasteiger partial charge on any atom is 0.411 e. The van der Waals surface area contributed by atoms with Crippen LogP contribution in [0, 0.1) is 11.3 Å². The Hall–Kier alpha value is -3.28. The second-order valence-electron chi connectivity index (χ2n) is 8.69. The molecule has 4 rings (SSSR count). The molecule has 35 heavy (non-hydrogen) atoms. The Bertz CT molecular complexity index is 1030. The smallest absolute Gasteiger partial charge is 0.411 e. The lowest BCUT2D eigenvalue weighted by molar-refractivity contribution is 0.0447. The van der Waals surface area contributed by atoms with E-state index in [4.69, 9.17) is 18.9 Å². The first-order chi connectivity index (χ1) is 17.2. The van der Waals surface area contributed by atoms with E-state index in [1.54, 1.807) is 7.11 Å². The van der Waals surface area contributed by atoms with Crippen molar-refractivity contribution in [2.24, 2.45) is 0 Å². The van der Waals surface area contributed by atoms with E-state index in [9.17, 15) is 10.1 Å². The number of benzene rings is 2. The van der Waals surface area contributed by atoms with E-state index in [-0.39, 0.29) is 18.6 Å². The molecule has 0 saturated heterocycles. The standard InChI is InChI=1S/C27H33N3O5/c1-3-34-22-11-12-23-24(18-28)26(30(25(23)17-22)21-5-4-6-21)19-7-9-20(10-8-19)29-27(31)35-16-15-33-14-13-32-2/h7-12,17,21,24,26H,3-6,13-16H2,1-2H3,(H,29,31). The molecule has 1 fully saturated rings. The lowest BCUT2D eigenvalue weighted by Crippen LogP contribution is -2.41. The van der Waals surface area contributed by atoms with Crippen LogP contribution < -0.4 is 15.0 Å². The molecule has 1 aliphatic heterocycles. The number of carbonyl (C=O) groups is 1. The van der Waals surface area contributed by atoms with Crippen molar-refractivity contribution >= 4 is 17.5 Å². The van der Waals surface area contributed by atoms with Crippen LogP contribution in [0.5, 0.6) is 5.75 Å². The van der Waals surface area contributed by atoms with Gasteiger partial charge in [-0.25, -0.2) is 4.79 Å². The first-order valence-electron chi connectivity index (χ1n) is 12.2. The van der Waals surface area contributed by atoms with Crippen molar-refractivity contribution < 1.29 is 23.7 Å². The van der Waals surface area contributed by atoms with Gasteiger partial charge in [-0.2, -0.15) is 5.26 Å². The van der Waals surface area contributed by atoms with E-state index < -0.39 is 6.09 Å². The molecule has 1 amide bonds. The van der Waals surface area contributed by atoms with E-state index in [2.05, 4.69) is 22.4 Å². The Kier molecular flexibility index (Phi) is 8.45. The monoisotopic (exact) mass is 479 g/mol. The van der Waals surface area contributed by atoms with Gasteiger partial charge >= 0.3 is 6.09 Å². The summed E-state index contributed by atoms with van der Waals surface area (Å²) >= 11 is 0. The van der Waals surface area contributed by atoms with Gasteiger partial charge in [-0.1, -0.05) is 18.2 Å². The van der Waals surface area contributed by atoms with Gasteiger partial charge in [-0.15, -0.1) is 0 Å². The van der Waals surface area contributed by atoms with Crippen LogP contribution >= 0.6 is 0 Å². The van der Waals surface area contributed by atoms with Crippen molar-refractivity contribution in [3.8, 4) is 11.8 Å². The fraction of sp³-hybridized carbons (Fsp3) is 0.481. The van der Waals surface area contributed by atoms with E-state index in [0.29, 0.717) is 38.2 Å². The number of ether oxygens (including phenoxy) is 4. The van der Waals surface area contributed by atoms with Crippen LogP contribution in [0.3, 0.4) is 0 Å². The van der Waals surface area contributed by atoms with E-state index in [1.807, 2.05) is 43.3 Å². The van der Waals surface area contributed by atoms with Gasteiger partial charge in [0.15, 0.2) is 0 Å². The second-order valence-corrected chi connectivity index (χ2v) is 8.69. The van der Waals surface area contributed by atoms with Crippen LogP contribution in [0.2, 0.25) is 0 Å². The molecular weight excluding hydrogens is 446 g/mol. The highest BCUT2D eigenvalue weighted by atomic mass is 16.6. The summed E-state index contributed by atoms with van der Waals surface area (Å²) in [6.07, 6.45) is 2.91. The van der Waals surface area contributed by atoms with Crippen LogP contribution in [-0.2, 0) is 14.2 Å². The van der Waals surface area contributed by atoms with Gasteiger partial charge in [0.2, 0.25) is 0 Å². The highest BCUT2D eigenvalue weighted by Gasteiger charge is 2.44. The maximum atomic E-state index is 12.1. The molecule has 8 heteroatoms. The predicted octanol–water partition coefficient (Wildman–Crippen LogP) is 5.02. The number of hydrogen-bond donors (Lipinski definition) is 1. The van der Waals surface area contributed by atoms with Crippen molar-refractivity contribution in [2.75, 3.05) is 50.4 Å². The van der Waals surface area contributed by atoms with Crippen molar-refractivity contribution in [3.05, 3.63) is 53.6 Å². The van der Waals surface area contributed by atoms with Crippen molar-refractivity contribution in [1.29, 1.82) is 5.26 Å². The molecule has 1 heterocycles. The fourth-order valence-electron chi connectivity index (χ4n) is 4.68. The van der Waals surface area contributed by atoms with Gasteiger partial charge < -0.3 is 23.8 Å². The lowest BCUT2D eigenvalue weighted by atomic mass is 9.87. The van der Waals surface area contributed by atoms with Gasteiger partial charge in [0.1, 0.15) is 12.4 Å². The Morgan fingerprint density at radius 2 is 1.89 bits per heavy atom. The molecule has 0 bridgehead atoms. The highest BCUT2D eigenvalue weighted by Crippen LogP contribution is 2.53. The summed E-state index contributed by atoms with van der Waals surface area (Å²) in [5, 5.41) is 12.9. The average molecular weight is 480 g/mol. The van der Waals surface area contributed by atoms with Crippen molar-refractivity contribution in [2.45, 2.75) is 44.2 Å². The third-order valence-electron chi connectivity index (χ3n) is 6.54. The molecule has 0 aromatic heterocycles. The number of nitrogens with zero attached hydrogens (tertiary/aromatic N) is 2. The number of rotatable bonds is 11. The first kappa shape index (κ1) is 24.8. The Morgan fingerprint density at radius 3 is 2.54 bits per heavy atom. The molecule has 0 radical (unpaired) electrons. The number of nitrogens with one attached hydrogen (secondary N) is 1. The van der Waals surface area contributed by atoms with E-state index >= 15 is 0 Å². The van der Waals surface area contributed by atoms with Crippen LogP contribution in [0.15, 0.2) is 42.5 Å². The quantitative estimate of drug-likeness (QED) is 0.453. The zero-order valence-corrected chi connectivity index (χ0v) is 20.4. The number of amides is 1. The molecule has 2 aromatic rings. The summed E-state index contributed by atoms with van der Waals surface area (Å²) in [5.74, 6) is 0.554. The van der Waals surface area contributed by atoms with Gasteiger partial charge in [-0.05, 0) is 55.5 Å². The Labute approximate surface area is 206 Å². The number of fused-ring (bicyclic) bond motifs is 1. The number of hydrogen-bond acceptors (Lipinski definition) is 7. The number of carbonyl (C=O) groups excluding carboxylic acids is 1. The number of anilines is 2. The van der Waals surface area contributed by atoms with Gasteiger partial charge in [0.25, 0.3) is 0 Å². The maximum absolute atomic E-state index is 12.1. The normalized spacial score (nSPS) is 18.9. The minimum Gasteiger partial charge on any atom is -0.494 e. The molecule has 1 saturated carbocycles. The topological polar surface area (TPSA) is 93.1 Å². The summed E-state index contributed by atoms with van der Waals surface area (Å²) in [5.41, 5.74) is 3.82. The Morgan fingerprint density at radius 1 is 1.11 bits per heavy atom. The summed E-state index contributed by atoms with van der Waals surface area (Å²) in [6, 6.07) is 16.6. The number of methoxy groups -OCH3 is 1. The van der Waals surface area contributed by atoms with Crippen LogP contribution in [0.1, 0.15) is 49.3 Å². The summed E-state index contributed by atoms with van der Waals surface area (Å²) in [6.45, 7) is 4.02. The highest BCUT2D eigenvalue weighted by molar-refractivity contribution is 5.84. The molecule has 2 unspecified atom stereocenters. The van der Waals surface area contributed by atoms with Crippen molar-refractivity contribution in [1.82, 2.24) is 0 Å². The minimum atomic E-state index is -0.532. The molecule has 1 aliphatic carbocycles. The summed E-state index contributed by atoms with van der Waals surface area (Å²) in [7, 11) is 1.60. The third-order valence-corrected chi connectivity index (χ3v) is 6.54. The van der Waals surface area contributed by atoms with Gasteiger partial charge in [0, 0.05) is 30.6 Å². The fourth-order valence-corrected chi connectivity index (χ4v) is 4.68. The predicted molar refractivity (Wildman–Crippen MR) is 133 cm³/mol. The zero-order chi connectivity index (χ0) is 24.6. The molecule has 0 spiro atoms. The van der Waals surface area contributed by atoms with Crippen LogP contribution in [0.25, 0.3) is 0 Å². The van der Waals surface area contributed by atoms with Gasteiger partial charge in [-0.3, -0.25) is 5.32 Å². The molecule has 8 nitrogen and oxygen atoms in total. The average Bonchev–Trinajstić information content (AvgIpc) is 3.14. The summed E-state index contributed by atoms with van der Waals surface area (Å²) < 4.78 is 21.1. The van der Waals surface area contributed by atoms with Crippen molar-refractivity contribution in [3.63, 3.8) is 0 Å². The largest absolute Gasteiger partial charge is 0.494 e. The molecular formula is C27H33N3O5. The van der Waals surface area contributed by atoms with Gasteiger partial charge in [0.05, 0.1) is 44.5 Å². The molecule has 2 aliphatic rings. The first-order valence-corrected chi connectivity index (χ1v) is 12.2. The SMILES string of the molecule is CCOc1ccc2c(c1)N(C1CCC1)C(c1ccc(NC(=O)OCCOCCOC)cc1)C2C#N. The number of nitriles is 1. The second kappa shape index (κ2) is 11.9. The van der Waals surface area contributed by atoms with Crippen LogP contribution in [0.4, 0.5) is 16.2 Å². The molecule has 2 atom stereocenters. The van der Waals surface area contributed by atoms with E-state index in [1.165, 1.54) is 6.42 Å². The zero-order valence-electron chi connectivity index (χ0n) is 20.4. The minimum absolute atomic E-state index is 0.0811. The molecule has 1 N–H and O–H groups in total. The summed E-state index contributed by atoms with van der Waals surface area (Å²) in [4.78, 5) is 14.5. The Balaban J connectivity index is 1.45. The third kappa shape index (κ3) is 5.69. The van der Waals surface area contributed by atoms with E-state index in [0.717, 1.165) is 35.4 Å². The lowest BCUT2D eigenvalue weighted by Gasteiger charge is -2.41.